The number of nitrogens with one attached hydrogen (secondary N) is 2. The SMILES string of the molecule is CC[C@@H](C)c1ccccc1NS(=O)(=O)c1ccc2c(c1)CCC(=O)N2. The van der Waals surface area contributed by atoms with Crippen molar-refractivity contribution in [3.05, 3.63) is 53.6 Å². The van der Waals surface area contributed by atoms with Crippen molar-refractivity contribution in [3.63, 3.8) is 0 Å². The lowest BCUT2D eigenvalue weighted by atomic mass is 9.97. The van der Waals surface area contributed by atoms with Crippen molar-refractivity contribution >= 4 is 27.3 Å². The normalized spacial score (nSPS) is 15.2. The summed E-state index contributed by atoms with van der Waals surface area (Å²) in [6.07, 6.45) is 1.85. The Bertz CT molecular complexity index is 907. The van der Waals surface area contributed by atoms with Gasteiger partial charge in [0.15, 0.2) is 0 Å². The van der Waals surface area contributed by atoms with Crippen LogP contribution in [0.1, 0.15) is 43.7 Å². The van der Waals surface area contributed by atoms with E-state index in [1.165, 1.54) is 6.07 Å². The first-order valence-electron chi connectivity index (χ1n) is 8.45. The fraction of sp³-hybridized carbons (Fsp3) is 0.316. The molecule has 0 unspecified atom stereocenters. The van der Waals surface area contributed by atoms with Gasteiger partial charge in [-0.1, -0.05) is 32.0 Å². The van der Waals surface area contributed by atoms with Crippen molar-refractivity contribution in [3.8, 4) is 0 Å². The first-order valence-corrected chi connectivity index (χ1v) is 9.93. The third-order valence-electron chi connectivity index (χ3n) is 4.63. The van der Waals surface area contributed by atoms with E-state index in [0.717, 1.165) is 17.5 Å². The second-order valence-electron chi connectivity index (χ2n) is 6.37. The van der Waals surface area contributed by atoms with Gasteiger partial charge in [0.25, 0.3) is 10.0 Å². The van der Waals surface area contributed by atoms with E-state index in [4.69, 9.17) is 0 Å². The minimum Gasteiger partial charge on any atom is -0.326 e. The summed E-state index contributed by atoms with van der Waals surface area (Å²) in [5, 5.41) is 2.77. The molecule has 0 fully saturated rings. The predicted octanol–water partition coefficient (Wildman–Crippen LogP) is 3.89. The second kappa shape index (κ2) is 6.88. The lowest BCUT2D eigenvalue weighted by Gasteiger charge is -2.19. The maximum absolute atomic E-state index is 12.8. The van der Waals surface area contributed by atoms with Crippen LogP contribution in [0.2, 0.25) is 0 Å². The molecule has 5 nitrogen and oxygen atoms in total. The van der Waals surface area contributed by atoms with Gasteiger partial charge >= 0.3 is 0 Å². The predicted molar refractivity (Wildman–Crippen MR) is 99.3 cm³/mol. The number of anilines is 2. The van der Waals surface area contributed by atoms with E-state index in [2.05, 4.69) is 23.9 Å². The van der Waals surface area contributed by atoms with Crippen molar-refractivity contribution in [2.75, 3.05) is 10.0 Å². The van der Waals surface area contributed by atoms with E-state index in [-0.39, 0.29) is 16.7 Å². The van der Waals surface area contributed by atoms with Crippen LogP contribution in [0.3, 0.4) is 0 Å². The lowest BCUT2D eigenvalue weighted by molar-refractivity contribution is -0.116. The number of sulfonamides is 1. The average molecular weight is 358 g/mol. The molecule has 1 amide bonds. The Labute approximate surface area is 148 Å². The molecule has 0 saturated heterocycles. The van der Waals surface area contributed by atoms with Crippen molar-refractivity contribution in [2.45, 2.75) is 43.9 Å². The van der Waals surface area contributed by atoms with Gasteiger partial charge in [0, 0.05) is 12.1 Å². The molecule has 25 heavy (non-hydrogen) atoms. The minimum absolute atomic E-state index is 0.0382. The Balaban J connectivity index is 1.92. The average Bonchev–Trinajstić information content (AvgIpc) is 2.60. The van der Waals surface area contributed by atoms with Crippen LogP contribution in [0.15, 0.2) is 47.4 Å². The Morgan fingerprint density at radius 1 is 1.16 bits per heavy atom. The van der Waals surface area contributed by atoms with E-state index in [1.807, 2.05) is 18.2 Å². The zero-order chi connectivity index (χ0) is 18.0. The highest BCUT2D eigenvalue weighted by Gasteiger charge is 2.21. The van der Waals surface area contributed by atoms with Crippen LogP contribution in [-0.4, -0.2) is 14.3 Å². The molecule has 1 atom stereocenters. The quantitative estimate of drug-likeness (QED) is 0.851. The number of para-hydroxylation sites is 1. The number of carbonyl (C=O) groups is 1. The molecule has 0 radical (unpaired) electrons. The van der Waals surface area contributed by atoms with Crippen molar-refractivity contribution in [2.24, 2.45) is 0 Å². The topological polar surface area (TPSA) is 75.3 Å². The van der Waals surface area contributed by atoms with Crippen LogP contribution in [0, 0.1) is 0 Å². The van der Waals surface area contributed by atoms with Crippen LogP contribution < -0.4 is 10.0 Å². The summed E-state index contributed by atoms with van der Waals surface area (Å²) in [5.41, 5.74) is 3.13. The molecule has 0 saturated carbocycles. The Morgan fingerprint density at radius 3 is 2.68 bits per heavy atom. The van der Waals surface area contributed by atoms with Crippen molar-refractivity contribution in [1.29, 1.82) is 0 Å². The van der Waals surface area contributed by atoms with Crippen LogP contribution in [-0.2, 0) is 21.2 Å². The number of aryl methyl sites for hydroxylation is 1. The molecule has 2 N–H and O–H groups in total. The van der Waals surface area contributed by atoms with Gasteiger partial charge in [-0.3, -0.25) is 9.52 Å². The number of hydrogen-bond donors (Lipinski definition) is 2. The number of rotatable bonds is 5. The molecule has 1 heterocycles. The van der Waals surface area contributed by atoms with Gasteiger partial charge in [0.1, 0.15) is 0 Å². The first kappa shape index (κ1) is 17.5. The molecule has 1 aliphatic rings. The number of hydrogen-bond acceptors (Lipinski definition) is 3. The zero-order valence-electron chi connectivity index (χ0n) is 14.4. The summed E-state index contributed by atoms with van der Waals surface area (Å²) in [6, 6.07) is 12.3. The summed E-state index contributed by atoms with van der Waals surface area (Å²) >= 11 is 0. The van der Waals surface area contributed by atoms with Gasteiger partial charge in [-0.2, -0.15) is 0 Å². The summed E-state index contributed by atoms with van der Waals surface area (Å²) < 4.78 is 28.4. The second-order valence-corrected chi connectivity index (χ2v) is 8.05. The lowest BCUT2D eigenvalue weighted by Crippen LogP contribution is -2.20. The summed E-state index contributed by atoms with van der Waals surface area (Å²) in [4.78, 5) is 11.6. The fourth-order valence-corrected chi connectivity index (χ4v) is 4.11. The number of carbonyl (C=O) groups excluding carboxylic acids is 1. The molecule has 132 valence electrons. The molecule has 2 aromatic rings. The van der Waals surface area contributed by atoms with Crippen LogP contribution in [0.25, 0.3) is 0 Å². The first-order chi connectivity index (χ1) is 11.9. The van der Waals surface area contributed by atoms with Crippen molar-refractivity contribution < 1.29 is 13.2 Å². The molecule has 6 heteroatoms. The van der Waals surface area contributed by atoms with Gasteiger partial charge in [-0.05, 0) is 54.2 Å². The highest BCUT2D eigenvalue weighted by molar-refractivity contribution is 7.92. The van der Waals surface area contributed by atoms with E-state index < -0.39 is 10.0 Å². The summed E-state index contributed by atoms with van der Waals surface area (Å²) in [6.45, 7) is 4.16. The molecule has 0 aliphatic carbocycles. The Morgan fingerprint density at radius 2 is 1.92 bits per heavy atom. The number of fused-ring (bicyclic) bond motifs is 1. The molecule has 0 aromatic heterocycles. The standard InChI is InChI=1S/C19H22N2O3S/c1-3-13(2)16-6-4-5-7-18(16)21-25(23,24)15-9-10-17-14(12-15)8-11-19(22)20-17/h4-7,9-10,12-13,21H,3,8,11H2,1-2H3,(H,20,22)/t13-/m1/s1. The van der Waals surface area contributed by atoms with E-state index in [9.17, 15) is 13.2 Å². The third-order valence-corrected chi connectivity index (χ3v) is 5.99. The molecule has 1 aliphatic heterocycles. The fourth-order valence-electron chi connectivity index (χ4n) is 2.97. The van der Waals surface area contributed by atoms with Gasteiger partial charge in [0.05, 0.1) is 10.6 Å². The maximum atomic E-state index is 12.8. The largest absolute Gasteiger partial charge is 0.326 e. The van der Waals surface area contributed by atoms with Crippen LogP contribution in [0.5, 0.6) is 0 Å². The number of benzene rings is 2. The van der Waals surface area contributed by atoms with Crippen LogP contribution in [0.4, 0.5) is 11.4 Å². The van der Waals surface area contributed by atoms with E-state index in [1.54, 1.807) is 18.2 Å². The number of amides is 1. The minimum atomic E-state index is -3.69. The molecular formula is C19H22N2O3S. The summed E-state index contributed by atoms with van der Waals surface area (Å²) in [5.74, 6) is 0.223. The van der Waals surface area contributed by atoms with Gasteiger partial charge in [-0.15, -0.1) is 0 Å². The highest BCUT2D eigenvalue weighted by Crippen LogP contribution is 2.30. The molecule has 0 spiro atoms. The summed E-state index contributed by atoms with van der Waals surface area (Å²) in [7, 11) is -3.69. The molecule has 0 bridgehead atoms. The van der Waals surface area contributed by atoms with E-state index in [0.29, 0.717) is 24.2 Å². The molecule has 3 rings (SSSR count). The van der Waals surface area contributed by atoms with Gasteiger partial charge in [-0.25, -0.2) is 8.42 Å². The van der Waals surface area contributed by atoms with E-state index >= 15 is 0 Å². The Hall–Kier alpha value is -2.34. The Kier molecular flexibility index (Phi) is 4.81. The maximum Gasteiger partial charge on any atom is 0.261 e. The third kappa shape index (κ3) is 3.69. The molecule has 2 aromatic carbocycles. The van der Waals surface area contributed by atoms with Crippen LogP contribution >= 0.6 is 0 Å². The van der Waals surface area contributed by atoms with Gasteiger partial charge in [0.2, 0.25) is 5.91 Å². The highest BCUT2D eigenvalue weighted by atomic mass is 32.2. The smallest absolute Gasteiger partial charge is 0.261 e. The monoisotopic (exact) mass is 358 g/mol. The van der Waals surface area contributed by atoms with Gasteiger partial charge < -0.3 is 5.32 Å². The molecular weight excluding hydrogens is 336 g/mol. The van der Waals surface area contributed by atoms with Crippen molar-refractivity contribution in [1.82, 2.24) is 0 Å². The zero-order valence-corrected chi connectivity index (χ0v) is 15.2.